The molecule has 82 valence electrons. The molecule has 1 heterocycles. The monoisotopic (exact) mass is 225 g/mol. The summed E-state index contributed by atoms with van der Waals surface area (Å²) in [5.41, 5.74) is 0.107. The summed E-state index contributed by atoms with van der Waals surface area (Å²) in [4.78, 5) is 14.8. The van der Waals surface area contributed by atoms with Gasteiger partial charge in [0, 0.05) is 5.25 Å². The van der Waals surface area contributed by atoms with Crippen LogP contribution in [0.25, 0.3) is 0 Å². The number of thioether (sulfide) groups is 1. The highest BCUT2D eigenvalue weighted by molar-refractivity contribution is 7.99. The van der Waals surface area contributed by atoms with Gasteiger partial charge in [0.15, 0.2) is 0 Å². The summed E-state index contributed by atoms with van der Waals surface area (Å²) in [6.07, 6.45) is 0. The van der Waals surface area contributed by atoms with Crippen molar-refractivity contribution in [3.8, 4) is 0 Å². The number of rotatable bonds is 4. The van der Waals surface area contributed by atoms with Gasteiger partial charge >= 0.3 is 5.97 Å². The third-order valence-electron chi connectivity index (χ3n) is 2.19. The van der Waals surface area contributed by atoms with Crippen molar-refractivity contribution >= 4 is 17.7 Å². The average Bonchev–Trinajstić information content (AvgIpc) is 2.18. The van der Waals surface area contributed by atoms with E-state index in [1.807, 2.05) is 6.07 Å². The summed E-state index contributed by atoms with van der Waals surface area (Å²) in [5, 5.41) is 9.99. The first-order valence-corrected chi connectivity index (χ1v) is 5.75. The number of carboxylic acid groups (broad SMARTS) is 1. The molecule has 1 aromatic heterocycles. The normalized spacial score (nSPS) is 12.8. The Morgan fingerprint density at radius 2 is 2.07 bits per heavy atom. The molecule has 0 bridgehead atoms. The Kier molecular flexibility index (Phi) is 4.15. The summed E-state index contributed by atoms with van der Waals surface area (Å²) < 4.78 is 0. The average molecular weight is 225 g/mol. The molecule has 4 heteroatoms. The number of carboxylic acids is 1. The first-order valence-electron chi connectivity index (χ1n) is 4.87. The van der Waals surface area contributed by atoms with E-state index in [1.54, 1.807) is 17.8 Å². The molecule has 0 aliphatic heterocycles. The molecule has 1 N–H and O–H groups in total. The molecule has 0 aromatic carbocycles. The van der Waals surface area contributed by atoms with Crippen LogP contribution >= 0.6 is 11.8 Å². The van der Waals surface area contributed by atoms with Gasteiger partial charge in [0.2, 0.25) is 0 Å². The highest BCUT2D eigenvalue weighted by atomic mass is 32.2. The molecule has 1 rings (SSSR count). The van der Waals surface area contributed by atoms with Crippen molar-refractivity contribution in [2.75, 3.05) is 0 Å². The van der Waals surface area contributed by atoms with E-state index >= 15 is 0 Å². The minimum atomic E-state index is -0.977. The van der Waals surface area contributed by atoms with Crippen LogP contribution in [0.5, 0.6) is 0 Å². The van der Waals surface area contributed by atoms with Crippen molar-refractivity contribution < 1.29 is 9.90 Å². The number of pyridine rings is 1. The number of aromatic carboxylic acids is 1. The van der Waals surface area contributed by atoms with E-state index in [1.165, 1.54) is 6.07 Å². The van der Waals surface area contributed by atoms with Crippen molar-refractivity contribution in [3.63, 3.8) is 0 Å². The Morgan fingerprint density at radius 1 is 1.40 bits per heavy atom. The molecule has 0 saturated carbocycles. The first kappa shape index (κ1) is 12.0. The minimum Gasteiger partial charge on any atom is -0.477 e. The Balaban J connectivity index is 2.78. The maximum Gasteiger partial charge on any atom is 0.354 e. The van der Waals surface area contributed by atoms with E-state index in [0.717, 1.165) is 5.03 Å². The maximum absolute atomic E-state index is 10.7. The topological polar surface area (TPSA) is 50.2 Å². The molecule has 0 radical (unpaired) electrons. The lowest BCUT2D eigenvalue weighted by Gasteiger charge is -2.14. The quantitative estimate of drug-likeness (QED) is 0.800. The molecule has 0 saturated heterocycles. The number of nitrogens with zero attached hydrogens (tertiary/aromatic N) is 1. The van der Waals surface area contributed by atoms with Crippen LogP contribution in [0.15, 0.2) is 23.2 Å². The third-order valence-corrected chi connectivity index (χ3v) is 3.57. The molecule has 1 unspecified atom stereocenters. The van der Waals surface area contributed by atoms with Gasteiger partial charge in [0.05, 0.1) is 5.03 Å². The fraction of sp³-hybridized carbons (Fsp3) is 0.455. The highest BCUT2D eigenvalue weighted by Gasteiger charge is 2.11. The van der Waals surface area contributed by atoms with Gasteiger partial charge in [-0.1, -0.05) is 26.8 Å². The van der Waals surface area contributed by atoms with Gasteiger partial charge in [-0.3, -0.25) is 0 Å². The zero-order chi connectivity index (χ0) is 11.4. The second-order valence-electron chi connectivity index (χ2n) is 3.73. The fourth-order valence-electron chi connectivity index (χ4n) is 0.926. The van der Waals surface area contributed by atoms with Gasteiger partial charge in [-0.2, -0.15) is 0 Å². The molecule has 0 spiro atoms. The lowest BCUT2D eigenvalue weighted by molar-refractivity contribution is 0.0689. The van der Waals surface area contributed by atoms with Gasteiger partial charge in [-0.05, 0) is 18.1 Å². The standard InChI is InChI=1S/C11H15NO2S/c1-7(2)8(3)15-10-6-4-5-9(12-10)11(13)14/h4-8H,1-3H3,(H,13,14). The van der Waals surface area contributed by atoms with Gasteiger partial charge in [-0.25, -0.2) is 9.78 Å². The summed E-state index contributed by atoms with van der Waals surface area (Å²) in [7, 11) is 0. The Labute approximate surface area is 93.9 Å². The van der Waals surface area contributed by atoms with Gasteiger partial charge in [-0.15, -0.1) is 11.8 Å². The summed E-state index contributed by atoms with van der Waals surface area (Å²) in [6.45, 7) is 6.39. The van der Waals surface area contributed by atoms with Crippen LogP contribution in [0.1, 0.15) is 31.3 Å². The predicted molar refractivity (Wildman–Crippen MR) is 61.4 cm³/mol. The minimum absolute atomic E-state index is 0.107. The molecule has 1 aromatic rings. The fourth-order valence-corrected chi connectivity index (χ4v) is 1.89. The van der Waals surface area contributed by atoms with Crippen molar-refractivity contribution in [2.24, 2.45) is 5.92 Å². The Bertz CT molecular complexity index is 352. The summed E-state index contributed by atoms with van der Waals surface area (Å²) in [6, 6.07) is 5.08. The molecular formula is C11H15NO2S. The van der Waals surface area contributed by atoms with Crippen LogP contribution in [0.4, 0.5) is 0 Å². The Morgan fingerprint density at radius 3 is 2.60 bits per heavy atom. The molecule has 0 amide bonds. The van der Waals surface area contributed by atoms with Crippen molar-refractivity contribution in [1.82, 2.24) is 4.98 Å². The lowest BCUT2D eigenvalue weighted by atomic mass is 10.2. The van der Waals surface area contributed by atoms with Crippen LogP contribution in [0, 0.1) is 5.92 Å². The van der Waals surface area contributed by atoms with E-state index in [-0.39, 0.29) is 5.69 Å². The second-order valence-corrected chi connectivity index (χ2v) is 5.13. The van der Waals surface area contributed by atoms with E-state index in [4.69, 9.17) is 5.11 Å². The van der Waals surface area contributed by atoms with E-state index in [9.17, 15) is 4.79 Å². The lowest BCUT2D eigenvalue weighted by Crippen LogP contribution is -2.07. The van der Waals surface area contributed by atoms with Gasteiger partial charge in [0.25, 0.3) is 0 Å². The van der Waals surface area contributed by atoms with Crippen LogP contribution in [-0.2, 0) is 0 Å². The maximum atomic E-state index is 10.7. The van der Waals surface area contributed by atoms with E-state index < -0.39 is 5.97 Å². The summed E-state index contributed by atoms with van der Waals surface area (Å²) in [5.74, 6) is -0.431. The van der Waals surface area contributed by atoms with Gasteiger partial charge in [0.1, 0.15) is 5.69 Å². The SMILES string of the molecule is CC(C)C(C)Sc1cccc(C(=O)O)n1. The van der Waals surface area contributed by atoms with Crippen molar-refractivity contribution in [2.45, 2.75) is 31.0 Å². The highest BCUT2D eigenvalue weighted by Crippen LogP contribution is 2.26. The smallest absolute Gasteiger partial charge is 0.354 e. The third kappa shape index (κ3) is 3.55. The number of hydrogen-bond acceptors (Lipinski definition) is 3. The predicted octanol–water partition coefficient (Wildman–Crippen LogP) is 2.92. The van der Waals surface area contributed by atoms with E-state index in [2.05, 4.69) is 25.8 Å². The molecular weight excluding hydrogens is 210 g/mol. The molecule has 0 aliphatic carbocycles. The van der Waals surface area contributed by atoms with Crippen LogP contribution in [0.2, 0.25) is 0 Å². The second kappa shape index (κ2) is 5.16. The Hall–Kier alpha value is -1.03. The molecule has 15 heavy (non-hydrogen) atoms. The van der Waals surface area contributed by atoms with Crippen molar-refractivity contribution in [3.05, 3.63) is 23.9 Å². The van der Waals surface area contributed by atoms with Crippen molar-refractivity contribution in [1.29, 1.82) is 0 Å². The molecule has 0 fully saturated rings. The number of hydrogen-bond donors (Lipinski definition) is 1. The van der Waals surface area contributed by atoms with Crippen LogP contribution in [0.3, 0.4) is 0 Å². The van der Waals surface area contributed by atoms with Gasteiger partial charge < -0.3 is 5.11 Å². The largest absolute Gasteiger partial charge is 0.477 e. The number of aromatic nitrogens is 1. The first-order chi connectivity index (χ1) is 7.00. The van der Waals surface area contributed by atoms with E-state index in [0.29, 0.717) is 11.2 Å². The van der Waals surface area contributed by atoms with Crippen LogP contribution < -0.4 is 0 Å². The molecule has 0 aliphatic rings. The number of carbonyl (C=O) groups is 1. The zero-order valence-electron chi connectivity index (χ0n) is 9.10. The van der Waals surface area contributed by atoms with Crippen LogP contribution in [-0.4, -0.2) is 21.3 Å². The summed E-state index contributed by atoms with van der Waals surface area (Å²) >= 11 is 1.61. The zero-order valence-corrected chi connectivity index (χ0v) is 9.91. The molecule has 1 atom stereocenters. The molecule has 3 nitrogen and oxygen atoms in total.